The van der Waals surface area contributed by atoms with Crippen molar-refractivity contribution in [2.24, 2.45) is 5.92 Å². The van der Waals surface area contributed by atoms with E-state index in [1.807, 2.05) is 12.1 Å². The number of hydrogen-bond acceptors (Lipinski definition) is 6. The summed E-state index contributed by atoms with van der Waals surface area (Å²) in [5, 5.41) is 0. The first-order valence-electron chi connectivity index (χ1n) is 11.4. The van der Waals surface area contributed by atoms with E-state index in [1.165, 1.54) is 4.90 Å². The number of anilines is 1. The molecule has 4 rings (SSSR count). The minimum absolute atomic E-state index is 0.0278. The van der Waals surface area contributed by atoms with Gasteiger partial charge in [-0.05, 0) is 18.2 Å². The van der Waals surface area contributed by atoms with Gasteiger partial charge in [-0.25, -0.2) is 8.78 Å². The van der Waals surface area contributed by atoms with Crippen molar-refractivity contribution in [2.45, 2.75) is 13.0 Å². The van der Waals surface area contributed by atoms with Crippen molar-refractivity contribution in [3.8, 4) is 17.2 Å². The van der Waals surface area contributed by atoms with Crippen molar-refractivity contribution in [3.05, 3.63) is 47.5 Å². The van der Waals surface area contributed by atoms with Crippen LogP contribution in [0.1, 0.15) is 12.0 Å². The lowest BCUT2D eigenvalue weighted by atomic mass is 10.1. The van der Waals surface area contributed by atoms with E-state index in [0.29, 0.717) is 50.0 Å². The van der Waals surface area contributed by atoms with Gasteiger partial charge in [0.05, 0.1) is 27.2 Å². The molecule has 2 aliphatic heterocycles. The lowest BCUT2D eigenvalue weighted by Crippen LogP contribution is -2.50. The Labute approximate surface area is 202 Å². The first-order valence-corrected chi connectivity index (χ1v) is 11.4. The van der Waals surface area contributed by atoms with Gasteiger partial charge in [-0.15, -0.1) is 0 Å². The molecule has 0 aromatic heterocycles. The number of methoxy groups -OCH3 is 3. The Balaban J connectivity index is 1.36. The molecule has 0 saturated carbocycles. The number of amides is 2. The second-order valence-corrected chi connectivity index (χ2v) is 8.63. The summed E-state index contributed by atoms with van der Waals surface area (Å²) in [6.45, 7) is 3.09. The molecule has 2 heterocycles. The lowest BCUT2D eigenvalue weighted by Gasteiger charge is -2.36. The van der Waals surface area contributed by atoms with Crippen LogP contribution in [0, 0.1) is 17.6 Å². The maximum atomic E-state index is 13.6. The van der Waals surface area contributed by atoms with Crippen LogP contribution in [0.4, 0.5) is 14.5 Å². The zero-order chi connectivity index (χ0) is 25.1. The fourth-order valence-electron chi connectivity index (χ4n) is 4.73. The SMILES string of the molecule is COc1ccc(CN2CCN(C(=O)C3CC(=O)N(c4cc(F)cc(F)c4)C3)CC2)c(OC)c1OC. The molecule has 2 amide bonds. The zero-order valence-corrected chi connectivity index (χ0v) is 20.1. The minimum atomic E-state index is -0.759. The summed E-state index contributed by atoms with van der Waals surface area (Å²) < 4.78 is 43.6. The van der Waals surface area contributed by atoms with Crippen LogP contribution < -0.4 is 19.1 Å². The Morgan fingerprint density at radius 2 is 1.60 bits per heavy atom. The number of ether oxygens (including phenoxy) is 3. The van der Waals surface area contributed by atoms with E-state index in [4.69, 9.17) is 14.2 Å². The smallest absolute Gasteiger partial charge is 0.228 e. The van der Waals surface area contributed by atoms with Crippen LogP contribution in [-0.2, 0) is 16.1 Å². The van der Waals surface area contributed by atoms with Crippen molar-refractivity contribution < 1.29 is 32.6 Å². The zero-order valence-electron chi connectivity index (χ0n) is 20.1. The Morgan fingerprint density at radius 3 is 2.20 bits per heavy atom. The first kappa shape index (κ1) is 24.7. The Hall–Kier alpha value is -3.40. The van der Waals surface area contributed by atoms with E-state index in [2.05, 4.69) is 4.90 Å². The molecular formula is C25H29F2N3O5. The molecule has 35 heavy (non-hydrogen) atoms. The van der Waals surface area contributed by atoms with Crippen molar-refractivity contribution >= 4 is 17.5 Å². The number of hydrogen-bond donors (Lipinski definition) is 0. The van der Waals surface area contributed by atoms with Crippen LogP contribution in [0.15, 0.2) is 30.3 Å². The quantitative estimate of drug-likeness (QED) is 0.596. The predicted molar refractivity (Wildman–Crippen MR) is 125 cm³/mol. The number of carbonyl (C=O) groups is 2. The van der Waals surface area contributed by atoms with Gasteiger partial charge >= 0.3 is 0 Å². The monoisotopic (exact) mass is 489 g/mol. The maximum absolute atomic E-state index is 13.6. The van der Waals surface area contributed by atoms with Gasteiger partial charge in [0.15, 0.2) is 11.5 Å². The van der Waals surface area contributed by atoms with Crippen molar-refractivity contribution in [1.82, 2.24) is 9.80 Å². The Morgan fingerprint density at radius 1 is 0.943 bits per heavy atom. The molecule has 0 spiro atoms. The summed E-state index contributed by atoms with van der Waals surface area (Å²) in [5.41, 5.74) is 1.08. The average molecular weight is 490 g/mol. The number of rotatable bonds is 7. The highest BCUT2D eigenvalue weighted by molar-refractivity contribution is 6.00. The molecule has 1 atom stereocenters. The van der Waals surface area contributed by atoms with E-state index in [1.54, 1.807) is 26.2 Å². The lowest BCUT2D eigenvalue weighted by molar-refractivity contribution is -0.137. The molecule has 2 fully saturated rings. The minimum Gasteiger partial charge on any atom is -0.493 e. The van der Waals surface area contributed by atoms with E-state index >= 15 is 0 Å². The van der Waals surface area contributed by atoms with E-state index in [-0.39, 0.29) is 30.5 Å². The molecule has 2 aromatic carbocycles. The number of halogens is 2. The second-order valence-electron chi connectivity index (χ2n) is 8.63. The van der Waals surface area contributed by atoms with Gasteiger partial charge in [0.25, 0.3) is 0 Å². The van der Waals surface area contributed by atoms with Gasteiger partial charge in [-0.1, -0.05) is 6.07 Å². The van der Waals surface area contributed by atoms with E-state index in [0.717, 1.165) is 23.8 Å². The predicted octanol–water partition coefficient (Wildman–Crippen LogP) is 2.69. The van der Waals surface area contributed by atoms with Crippen LogP contribution in [0.2, 0.25) is 0 Å². The van der Waals surface area contributed by atoms with Gasteiger partial charge in [0, 0.05) is 63.0 Å². The molecule has 0 N–H and O–H groups in total. The van der Waals surface area contributed by atoms with Gasteiger partial charge < -0.3 is 24.0 Å². The molecule has 2 aliphatic rings. The summed E-state index contributed by atoms with van der Waals surface area (Å²) in [7, 11) is 4.72. The Bertz CT molecular complexity index is 1080. The molecule has 0 radical (unpaired) electrons. The van der Waals surface area contributed by atoms with Crippen molar-refractivity contribution in [2.75, 3.05) is 59.0 Å². The molecule has 2 aromatic rings. The highest BCUT2D eigenvalue weighted by Gasteiger charge is 2.38. The van der Waals surface area contributed by atoms with Crippen LogP contribution in [0.5, 0.6) is 17.2 Å². The third kappa shape index (κ3) is 5.17. The highest BCUT2D eigenvalue weighted by atomic mass is 19.1. The van der Waals surface area contributed by atoms with Crippen LogP contribution in [-0.4, -0.2) is 75.7 Å². The highest BCUT2D eigenvalue weighted by Crippen LogP contribution is 2.40. The second kappa shape index (κ2) is 10.5. The van der Waals surface area contributed by atoms with Gasteiger partial charge in [-0.3, -0.25) is 14.5 Å². The number of carbonyl (C=O) groups excluding carboxylic acids is 2. The molecule has 188 valence electrons. The topological polar surface area (TPSA) is 71.6 Å². The molecule has 10 heteroatoms. The van der Waals surface area contributed by atoms with E-state index in [9.17, 15) is 18.4 Å². The summed E-state index contributed by atoms with van der Waals surface area (Å²) in [6.07, 6.45) is 0.0278. The van der Waals surface area contributed by atoms with Gasteiger partial charge in [0.2, 0.25) is 17.6 Å². The molecule has 0 bridgehead atoms. The summed E-state index contributed by atoms with van der Waals surface area (Å²) in [5.74, 6) is -0.738. The summed E-state index contributed by atoms with van der Waals surface area (Å²) in [6, 6.07) is 6.74. The number of benzene rings is 2. The third-order valence-electron chi connectivity index (χ3n) is 6.50. The molecule has 2 saturated heterocycles. The standard InChI is InChI=1S/C25H29F2N3O5/c1-33-21-5-4-16(23(34-2)24(21)35-3)14-28-6-8-29(9-7-28)25(32)17-10-22(31)30(15-17)20-12-18(26)11-19(27)13-20/h4-5,11-13,17H,6-10,14-15H2,1-3H3. The molecule has 8 nitrogen and oxygen atoms in total. The average Bonchev–Trinajstić information content (AvgIpc) is 3.24. The fraction of sp³-hybridized carbons (Fsp3) is 0.440. The van der Waals surface area contributed by atoms with Crippen LogP contribution >= 0.6 is 0 Å². The molecule has 1 unspecified atom stereocenters. The van der Waals surface area contributed by atoms with Crippen LogP contribution in [0.3, 0.4) is 0 Å². The van der Waals surface area contributed by atoms with E-state index < -0.39 is 17.6 Å². The van der Waals surface area contributed by atoms with Crippen LogP contribution in [0.25, 0.3) is 0 Å². The summed E-state index contributed by atoms with van der Waals surface area (Å²) >= 11 is 0. The van der Waals surface area contributed by atoms with Gasteiger partial charge in [-0.2, -0.15) is 0 Å². The maximum Gasteiger partial charge on any atom is 0.228 e. The first-order chi connectivity index (χ1) is 16.8. The fourth-order valence-corrected chi connectivity index (χ4v) is 4.73. The normalized spacial score (nSPS) is 18.7. The molecular weight excluding hydrogens is 460 g/mol. The number of nitrogens with zero attached hydrogens (tertiary/aromatic N) is 3. The number of piperazine rings is 1. The van der Waals surface area contributed by atoms with Crippen molar-refractivity contribution in [3.63, 3.8) is 0 Å². The molecule has 0 aliphatic carbocycles. The van der Waals surface area contributed by atoms with Gasteiger partial charge in [0.1, 0.15) is 11.6 Å². The third-order valence-corrected chi connectivity index (χ3v) is 6.50. The largest absolute Gasteiger partial charge is 0.493 e. The Kier molecular flexibility index (Phi) is 7.39. The van der Waals surface area contributed by atoms with Crippen molar-refractivity contribution in [1.29, 1.82) is 0 Å². The summed E-state index contributed by atoms with van der Waals surface area (Å²) in [4.78, 5) is 30.8.